The molecule has 0 amide bonds. The molecule has 2 heterocycles. The van der Waals surface area contributed by atoms with Gasteiger partial charge in [-0.25, -0.2) is 0 Å². The molecule has 24 heavy (non-hydrogen) atoms. The predicted octanol–water partition coefficient (Wildman–Crippen LogP) is 2.77. The van der Waals surface area contributed by atoms with Gasteiger partial charge in [0.2, 0.25) is 0 Å². The molecule has 0 aromatic heterocycles. The fourth-order valence-electron chi connectivity index (χ4n) is 3.94. The number of phenols is 2. The highest BCUT2D eigenvalue weighted by molar-refractivity contribution is 5.52. The van der Waals surface area contributed by atoms with E-state index < -0.39 is 0 Å². The minimum absolute atomic E-state index is 0.0372. The van der Waals surface area contributed by atoms with Gasteiger partial charge in [-0.2, -0.15) is 0 Å². The molecule has 4 rings (SSSR count). The third kappa shape index (κ3) is 2.27. The van der Waals surface area contributed by atoms with Crippen LogP contribution in [0.15, 0.2) is 24.3 Å². The zero-order valence-corrected chi connectivity index (χ0v) is 13.9. The second-order valence-corrected chi connectivity index (χ2v) is 6.46. The first-order valence-electron chi connectivity index (χ1n) is 8.13. The van der Waals surface area contributed by atoms with E-state index in [1.807, 2.05) is 0 Å². The predicted molar refractivity (Wildman–Crippen MR) is 89.9 cm³/mol. The van der Waals surface area contributed by atoms with Crippen LogP contribution >= 0.6 is 0 Å². The third-order valence-corrected chi connectivity index (χ3v) is 5.20. The fourth-order valence-corrected chi connectivity index (χ4v) is 3.94. The molecule has 5 heteroatoms. The molecule has 0 radical (unpaired) electrons. The van der Waals surface area contributed by atoms with Gasteiger partial charge in [0, 0.05) is 19.1 Å². The Morgan fingerprint density at radius 3 is 2.29 bits per heavy atom. The van der Waals surface area contributed by atoms with Gasteiger partial charge in [-0.3, -0.25) is 4.90 Å². The van der Waals surface area contributed by atoms with E-state index in [4.69, 9.17) is 9.47 Å². The van der Waals surface area contributed by atoms with E-state index in [0.29, 0.717) is 0 Å². The van der Waals surface area contributed by atoms with E-state index in [-0.39, 0.29) is 17.5 Å². The summed E-state index contributed by atoms with van der Waals surface area (Å²) in [5, 5.41) is 19.7. The Morgan fingerprint density at radius 1 is 0.917 bits per heavy atom. The first-order chi connectivity index (χ1) is 11.6. The van der Waals surface area contributed by atoms with E-state index in [0.717, 1.165) is 48.6 Å². The molecule has 2 aliphatic heterocycles. The summed E-state index contributed by atoms with van der Waals surface area (Å²) >= 11 is 0. The average Bonchev–Trinajstić information content (AvgIpc) is 2.60. The zero-order chi connectivity index (χ0) is 16.8. The summed E-state index contributed by atoms with van der Waals surface area (Å²) in [7, 11) is 3.30. The number of fused-ring (bicyclic) bond motifs is 4. The van der Waals surface area contributed by atoms with E-state index >= 15 is 0 Å². The van der Waals surface area contributed by atoms with Gasteiger partial charge < -0.3 is 19.7 Å². The van der Waals surface area contributed by atoms with Crippen molar-refractivity contribution in [2.45, 2.75) is 25.4 Å². The van der Waals surface area contributed by atoms with Crippen molar-refractivity contribution in [2.24, 2.45) is 0 Å². The van der Waals surface area contributed by atoms with Crippen molar-refractivity contribution in [3.8, 4) is 23.0 Å². The summed E-state index contributed by atoms with van der Waals surface area (Å²) in [5.74, 6) is 1.42. The number of methoxy groups -OCH3 is 2. The second kappa shape index (κ2) is 5.60. The number of nitrogens with zero attached hydrogens (tertiary/aromatic N) is 1. The number of benzene rings is 2. The van der Waals surface area contributed by atoms with Crippen molar-refractivity contribution in [3.63, 3.8) is 0 Å². The zero-order valence-electron chi connectivity index (χ0n) is 13.9. The summed E-state index contributed by atoms with van der Waals surface area (Å²) in [6.45, 7) is 1.79. The van der Waals surface area contributed by atoms with E-state index in [9.17, 15) is 10.2 Å². The quantitative estimate of drug-likeness (QED) is 0.831. The summed E-state index contributed by atoms with van der Waals surface area (Å²) in [6.07, 6.45) is 1.73. The molecule has 2 aromatic carbocycles. The largest absolute Gasteiger partial charge is 0.504 e. The minimum atomic E-state index is -0.0475. The Hall–Kier alpha value is -2.40. The summed E-state index contributed by atoms with van der Waals surface area (Å²) in [4.78, 5) is 2.42. The number of rotatable bonds is 2. The Labute approximate surface area is 141 Å². The Kier molecular flexibility index (Phi) is 3.53. The molecule has 126 valence electrons. The van der Waals surface area contributed by atoms with Gasteiger partial charge in [-0.05, 0) is 59.4 Å². The van der Waals surface area contributed by atoms with Gasteiger partial charge in [-0.15, -0.1) is 0 Å². The molecule has 0 bridgehead atoms. The molecule has 2 aromatic rings. The molecule has 1 atom stereocenters. The molecule has 2 N–H and O–H groups in total. The van der Waals surface area contributed by atoms with Crippen LogP contribution in [-0.4, -0.2) is 35.9 Å². The van der Waals surface area contributed by atoms with Gasteiger partial charge in [0.1, 0.15) is 0 Å². The molecule has 0 fully saturated rings. The lowest BCUT2D eigenvalue weighted by atomic mass is 9.83. The van der Waals surface area contributed by atoms with E-state index in [2.05, 4.69) is 17.0 Å². The molecular formula is C19H21NO4. The number of phenolic OH excluding ortho intramolecular Hbond substituents is 2. The van der Waals surface area contributed by atoms with Gasteiger partial charge in [0.05, 0.1) is 14.2 Å². The van der Waals surface area contributed by atoms with E-state index in [1.54, 1.807) is 26.4 Å². The number of aromatic hydroxyl groups is 2. The van der Waals surface area contributed by atoms with Gasteiger partial charge in [-0.1, -0.05) is 0 Å². The van der Waals surface area contributed by atoms with Crippen molar-refractivity contribution < 1.29 is 19.7 Å². The monoisotopic (exact) mass is 327 g/mol. The van der Waals surface area contributed by atoms with E-state index in [1.165, 1.54) is 11.1 Å². The highest BCUT2D eigenvalue weighted by Crippen LogP contribution is 2.43. The van der Waals surface area contributed by atoms with Crippen molar-refractivity contribution in [1.82, 2.24) is 4.90 Å². The molecular weight excluding hydrogens is 306 g/mol. The summed E-state index contributed by atoms with van der Waals surface area (Å²) < 4.78 is 10.9. The Balaban J connectivity index is 1.76. The Morgan fingerprint density at radius 2 is 1.58 bits per heavy atom. The molecule has 0 saturated heterocycles. The van der Waals surface area contributed by atoms with Gasteiger partial charge in [0.25, 0.3) is 0 Å². The Bertz CT molecular complexity index is 802. The summed E-state index contributed by atoms with van der Waals surface area (Å²) in [5.41, 5.74) is 4.73. The smallest absolute Gasteiger partial charge is 0.161 e. The van der Waals surface area contributed by atoms with Crippen LogP contribution in [0, 0.1) is 0 Å². The topological polar surface area (TPSA) is 62.2 Å². The lowest BCUT2D eigenvalue weighted by Crippen LogP contribution is -2.39. The van der Waals surface area contributed by atoms with Crippen LogP contribution in [0.4, 0.5) is 0 Å². The molecule has 1 unspecified atom stereocenters. The maximum atomic E-state index is 9.91. The number of ether oxygens (including phenoxy) is 2. The number of hydrogen-bond acceptors (Lipinski definition) is 5. The average molecular weight is 327 g/mol. The molecule has 0 saturated carbocycles. The van der Waals surface area contributed by atoms with Crippen molar-refractivity contribution in [1.29, 1.82) is 0 Å². The molecule has 5 nitrogen and oxygen atoms in total. The fraction of sp³-hybridized carbons (Fsp3) is 0.368. The van der Waals surface area contributed by atoms with Crippen molar-refractivity contribution in [2.75, 3.05) is 20.8 Å². The lowest BCUT2D eigenvalue weighted by Gasteiger charge is -2.41. The van der Waals surface area contributed by atoms with Crippen LogP contribution in [0.3, 0.4) is 0 Å². The standard InChI is InChI=1S/C19H21NO4/c1-23-18-7-12-5-15-14-9-17(22)16(21)6-11(14)3-4-20(15)10-13(12)8-19(18)24-2/h6-9,15,21-22H,3-5,10H2,1-2H3. The first kappa shape index (κ1) is 15.1. The SMILES string of the molecule is COc1cc2c(cc1OC)CN1CCc3cc(O)c(O)cc3C1C2. The van der Waals surface area contributed by atoms with Gasteiger partial charge in [0.15, 0.2) is 23.0 Å². The van der Waals surface area contributed by atoms with Crippen molar-refractivity contribution in [3.05, 3.63) is 46.5 Å². The normalized spacial score (nSPS) is 19.2. The highest BCUT2D eigenvalue weighted by Gasteiger charge is 2.33. The van der Waals surface area contributed by atoms with Crippen molar-refractivity contribution >= 4 is 0 Å². The number of hydrogen-bond donors (Lipinski definition) is 2. The maximum absolute atomic E-state index is 9.91. The molecule has 0 spiro atoms. The van der Waals surface area contributed by atoms with Crippen LogP contribution < -0.4 is 9.47 Å². The minimum Gasteiger partial charge on any atom is -0.504 e. The van der Waals surface area contributed by atoms with Gasteiger partial charge >= 0.3 is 0 Å². The van der Waals surface area contributed by atoms with Crippen LogP contribution in [0.5, 0.6) is 23.0 Å². The summed E-state index contributed by atoms with van der Waals surface area (Å²) in [6, 6.07) is 7.75. The van der Waals surface area contributed by atoms with Crippen LogP contribution in [0.25, 0.3) is 0 Å². The van der Waals surface area contributed by atoms with Crippen LogP contribution in [-0.2, 0) is 19.4 Å². The van der Waals surface area contributed by atoms with Crippen LogP contribution in [0.1, 0.15) is 28.3 Å². The maximum Gasteiger partial charge on any atom is 0.161 e. The second-order valence-electron chi connectivity index (χ2n) is 6.46. The van der Waals surface area contributed by atoms with Crippen LogP contribution in [0.2, 0.25) is 0 Å². The third-order valence-electron chi connectivity index (χ3n) is 5.20. The highest BCUT2D eigenvalue weighted by atomic mass is 16.5. The molecule has 0 aliphatic carbocycles. The first-order valence-corrected chi connectivity index (χ1v) is 8.13. The lowest BCUT2D eigenvalue weighted by molar-refractivity contribution is 0.160. The molecule has 2 aliphatic rings.